The van der Waals surface area contributed by atoms with Crippen molar-refractivity contribution in [2.45, 2.75) is 18.6 Å². The summed E-state index contributed by atoms with van der Waals surface area (Å²) in [5.74, 6) is 0.0364. The van der Waals surface area contributed by atoms with Crippen molar-refractivity contribution in [2.75, 3.05) is 34.3 Å². The van der Waals surface area contributed by atoms with E-state index in [4.69, 9.17) is 4.74 Å². The Morgan fingerprint density at radius 2 is 2.44 bits per heavy atom. The summed E-state index contributed by atoms with van der Waals surface area (Å²) in [7, 11) is 5.67. The fourth-order valence-electron chi connectivity index (χ4n) is 2.48. The second-order valence-electron chi connectivity index (χ2n) is 4.96. The van der Waals surface area contributed by atoms with Crippen molar-refractivity contribution in [1.29, 1.82) is 0 Å². The summed E-state index contributed by atoms with van der Waals surface area (Å²) in [6, 6.07) is 4.01. The Balaban J connectivity index is 1.91. The van der Waals surface area contributed by atoms with E-state index in [9.17, 15) is 4.79 Å². The summed E-state index contributed by atoms with van der Waals surface area (Å²) in [6.45, 7) is 1.67. The first-order chi connectivity index (χ1) is 8.61. The molecule has 0 bridgehead atoms. The standard InChI is InChI=1S/C13H21N3O2/c1-15-9-11(18-3)7-10(15)8-16(2)13(17)12-5-4-6-14-12/h4-6,10-11,14H,7-9H2,1-3H3/t10-,11-/m0/s1. The van der Waals surface area contributed by atoms with Crippen LogP contribution in [0.25, 0.3) is 0 Å². The van der Waals surface area contributed by atoms with Gasteiger partial charge in [0.15, 0.2) is 0 Å². The van der Waals surface area contributed by atoms with Crippen molar-refractivity contribution in [3.63, 3.8) is 0 Å². The molecule has 1 amide bonds. The summed E-state index contributed by atoms with van der Waals surface area (Å²) in [5.41, 5.74) is 0.640. The zero-order chi connectivity index (χ0) is 13.1. The van der Waals surface area contributed by atoms with Gasteiger partial charge in [0.25, 0.3) is 5.91 Å². The van der Waals surface area contributed by atoms with Crippen molar-refractivity contribution in [1.82, 2.24) is 14.8 Å². The van der Waals surface area contributed by atoms with Crippen LogP contribution in [0.1, 0.15) is 16.9 Å². The van der Waals surface area contributed by atoms with Crippen molar-refractivity contribution in [3.8, 4) is 0 Å². The number of H-pyrrole nitrogens is 1. The Hall–Kier alpha value is -1.33. The number of likely N-dealkylation sites (tertiary alicyclic amines) is 1. The Morgan fingerprint density at radius 3 is 3.00 bits per heavy atom. The highest BCUT2D eigenvalue weighted by molar-refractivity contribution is 5.92. The molecule has 2 rings (SSSR count). The lowest BCUT2D eigenvalue weighted by Crippen LogP contribution is -2.39. The van der Waals surface area contributed by atoms with Gasteiger partial charge in [0.1, 0.15) is 5.69 Å². The van der Waals surface area contributed by atoms with Crippen molar-refractivity contribution < 1.29 is 9.53 Å². The molecule has 0 saturated carbocycles. The number of amides is 1. The quantitative estimate of drug-likeness (QED) is 0.861. The van der Waals surface area contributed by atoms with Crippen molar-refractivity contribution >= 4 is 5.91 Å². The van der Waals surface area contributed by atoms with E-state index in [0.717, 1.165) is 19.5 Å². The lowest BCUT2D eigenvalue weighted by molar-refractivity contribution is 0.0755. The van der Waals surface area contributed by atoms with Crippen molar-refractivity contribution in [3.05, 3.63) is 24.0 Å². The molecule has 5 nitrogen and oxygen atoms in total. The molecule has 100 valence electrons. The molecule has 0 radical (unpaired) electrons. The maximum absolute atomic E-state index is 12.1. The topological polar surface area (TPSA) is 48.6 Å². The van der Waals surface area contributed by atoms with E-state index in [0.29, 0.717) is 11.7 Å². The number of aromatic nitrogens is 1. The summed E-state index contributed by atoms with van der Waals surface area (Å²) in [5, 5.41) is 0. The largest absolute Gasteiger partial charge is 0.380 e. The lowest BCUT2D eigenvalue weighted by atomic mass is 10.2. The van der Waals surface area contributed by atoms with E-state index in [2.05, 4.69) is 16.9 Å². The summed E-state index contributed by atoms with van der Waals surface area (Å²) < 4.78 is 5.37. The van der Waals surface area contributed by atoms with Gasteiger partial charge in [-0.15, -0.1) is 0 Å². The SMILES string of the molecule is CO[C@H]1C[C@@H](CN(C)C(=O)c2ccc[nH]2)N(C)C1. The molecule has 0 unspecified atom stereocenters. The molecular weight excluding hydrogens is 230 g/mol. The van der Waals surface area contributed by atoms with Gasteiger partial charge in [0.2, 0.25) is 0 Å². The number of methoxy groups -OCH3 is 1. The van der Waals surface area contributed by atoms with Crippen LogP contribution in [-0.4, -0.2) is 67.1 Å². The number of nitrogens with one attached hydrogen (secondary N) is 1. The van der Waals surface area contributed by atoms with Gasteiger partial charge in [0.05, 0.1) is 6.10 Å². The number of nitrogens with zero attached hydrogens (tertiary/aromatic N) is 2. The minimum absolute atomic E-state index is 0.0364. The van der Waals surface area contributed by atoms with E-state index in [1.807, 2.05) is 13.1 Å². The molecule has 18 heavy (non-hydrogen) atoms. The first-order valence-corrected chi connectivity index (χ1v) is 6.23. The number of rotatable bonds is 4. The Kier molecular flexibility index (Phi) is 4.04. The third-order valence-corrected chi connectivity index (χ3v) is 3.64. The molecule has 1 saturated heterocycles. The van der Waals surface area contributed by atoms with E-state index in [1.54, 1.807) is 24.3 Å². The lowest BCUT2D eigenvalue weighted by Gasteiger charge is -2.25. The number of ether oxygens (including phenoxy) is 1. The van der Waals surface area contributed by atoms with Gasteiger partial charge in [0, 0.05) is 39.5 Å². The van der Waals surface area contributed by atoms with Gasteiger partial charge in [-0.1, -0.05) is 0 Å². The highest BCUT2D eigenvalue weighted by Crippen LogP contribution is 2.19. The van der Waals surface area contributed by atoms with Gasteiger partial charge in [-0.3, -0.25) is 9.69 Å². The molecule has 1 aliphatic heterocycles. The molecule has 1 aromatic rings. The maximum atomic E-state index is 12.1. The average molecular weight is 251 g/mol. The zero-order valence-corrected chi connectivity index (χ0v) is 11.2. The predicted molar refractivity (Wildman–Crippen MR) is 69.6 cm³/mol. The maximum Gasteiger partial charge on any atom is 0.270 e. The van der Waals surface area contributed by atoms with Gasteiger partial charge >= 0.3 is 0 Å². The number of hydrogen-bond donors (Lipinski definition) is 1. The average Bonchev–Trinajstić information content (AvgIpc) is 2.98. The number of hydrogen-bond acceptors (Lipinski definition) is 3. The van der Waals surface area contributed by atoms with E-state index >= 15 is 0 Å². The normalized spacial score (nSPS) is 24.4. The highest BCUT2D eigenvalue weighted by Gasteiger charge is 2.31. The molecule has 1 aromatic heterocycles. The van der Waals surface area contributed by atoms with Gasteiger partial charge < -0.3 is 14.6 Å². The monoisotopic (exact) mass is 251 g/mol. The van der Waals surface area contributed by atoms with E-state index in [-0.39, 0.29) is 12.0 Å². The number of carbonyl (C=O) groups excluding carboxylic acids is 1. The first kappa shape index (κ1) is 13.1. The molecule has 5 heteroatoms. The predicted octanol–water partition coefficient (Wildman–Crippen LogP) is 0.806. The fourth-order valence-corrected chi connectivity index (χ4v) is 2.48. The van der Waals surface area contributed by atoms with Crippen molar-refractivity contribution in [2.24, 2.45) is 0 Å². The molecule has 0 aliphatic carbocycles. The second kappa shape index (κ2) is 5.54. The molecule has 2 heterocycles. The third-order valence-electron chi connectivity index (χ3n) is 3.64. The van der Waals surface area contributed by atoms with Crippen LogP contribution in [0.5, 0.6) is 0 Å². The molecule has 1 fully saturated rings. The van der Waals surface area contributed by atoms with Gasteiger partial charge in [-0.25, -0.2) is 0 Å². The summed E-state index contributed by atoms with van der Waals surface area (Å²) in [4.78, 5) is 19.1. The molecular formula is C13H21N3O2. The van der Waals surface area contributed by atoms with Crippen LogP contribution >= 0.6 is 0 Å². The molecule has 2 atom stereocenters. The smallest absolute Gasteiger partial charge is 0.270 e. The summed E-state index contributed by atoms with van der Waals surface area (Å²) in [6.07, 6.45) is 3.04. The third kappa shape index (κ3) is 2.73. The summed E-state index contributed by atoms with van der Waals surface area (Å²) >= 11 is 0. The molecule has 0 aromatic carbocycles. The number of likely N-dealkylation sites (N-methyl/N-ethyl adjacent to an activating group) is 2. The highest BCUT2D eigenvalue weighted by atomic mass is 16.5. The molecule has 1 aliphatic rings. The van der Waals surface area contributed by atoms with Crippen LogP contribution in [0.15, 0.2) is 18.3 Å². The van der Waals surface area contributed by atoms with Crippen LogP contribution in [0.3, 0.4) is 0 Å². The first-order valence-electron chi connectivity index (χ1n) is 6.23. The Bertz CT molecular complexity index is 391. The van der Waals surface area contributed by atoms with Gasteiger partial charge in [-0.05, 0) is 25.6 Å². The molecule has 0 spiro atoms. The zero-order valence-electron chi connectivity index (χ0n) is 11.2. The fraction of sp³-hybridized carbons (Fsp3) is 0.615. The Labute approximate surface area is 108 Å². The number of aromatic amines is 1. The van der Waals surface area contributed by atoms with Crippen LogP contribution in [0.2, 0.25) is 0 Å². The second-order valence-corrected chi connectivity index (χ2v) is 4.96. The minimum atomic E-state index is 0.0364. The minimum Gasteiger partial charge on any atom is -0.380 e. The van der Waals surface area contributed by atoms with Crippen LogP contribution in [0, 0.1) is 0 Å². The van der Waals surface area contributed by atoms with E-state index in [1.165, 1.54) is 0 Å². The number of carbonyl (C=O) groups is 1. The Morgan fingerprint density at radius 1 is 1.67 bits per heavy atom. The van der Waals surface area contributed by atoms with E-state index < -0.39 is 0 Å². The van der Waals surface area contributed by atoms with Crippen LogP contribution < -0.4 is 0 Å². The van der Waals surface area contributed by atoms with Gasteiger partial charge in [-0.2, -0.15) is 0 Å². The van der Waals surface area contributed by atoms with Crippen LogP contribution in [-0.2, 0) is 4.74 Å². The molecule has 1 N–H and O–H groups in total. The van der Waals surface area contributed by atoms with Crippen LogP contribution in [0.4, 0.5) is 0 Å².